The fourth-order valence-corrected chi connectivity index (χ4v) is 3.66. The van der Waals surface area contributed by atoms with Crippen LogP contribution in [-0.4, -0.2) is 28.5 Å². The number of guanidine groups is 1. The molecule has 3 unspecified atom stereocenters. The molecular formula is C22H26N4O6P+. The normalized spacial score (nSPS) is 14.5. The number of nitrogens with zero attached hydrogens (tertiary/aromatic N) is 1. The average Bonchev–Trinajstić information content (AvgIpc) is 2.75. The third kappa shape index (κ3) is 7.30. The summed E-state index contributed by atoms with van der Waals surface area (Å²) in [5, 5.41) is 9.57. The van der Waals surface area contributed by atoms with Crippen molar-refractivity contribution in [2.45, 2.75) is 25.7 Å². The predicted molar refractivity (Wildman–Crippen MR) is 124 cm³/mol. The van der Waals surface area contributed by atoms with Crippen LogP contribution in [0, 0.1) is 5.92 Å². The molecule has 0 fully saturated rings. The Morgan fingerprint density at radius 3 is 2.36 bits per heavy atom. The minimum atomic E-state index is -3.12. The number of hydrogen-bond donors (Lipinski definition) is 4. The lowest BCUT2D eigenvalue weighted by atomic mass is 9.95. The number of aliphatic imine (C=N–C) groups is 1. The van der Waals surface area contributed by atoms with E-state index in [0.717, 1.165) is 5.56 Å². The monoisotopic (exact) mass is 473 g/mol. The molecule has 2 aromatic carbocycles. The zero-order valence-corrected chi connectivity index (χ0v) is 19.0. The zero-order valence-electron chi connectivity index (χ0n) is 18.1. The van der Waals surface area contributed by atoms with Crippen molar-refractivity contribution in [1.82, 2.24) is 0 Å². The highest BCUT2D eigenvalue weighted by atomic mass is 31.1. The molecule has 0 saturated heterocycles. The predicted octanol–water partition coefficient (Wildman–Crippen LogP) is 3.00. The maximum Gasteiger partial charge on any atom is 0.701 e. The minimum Gasteiger partial charge on any atom is -0.479 e. The number of hydrogen-bond acceptors (Lipinski definition) is 7. The maximum absolute atomic E-state index is 12.8. The Bertz CT molecular complexity index is 1070. The molecule has 0 saturated carbocycles. The van der Waals surface area contributed by atoms with E-state index in [1.54, 1.807) is 50.3 Å². The van der Waals surface area contributed by atoms with E-state index < -0.39 is 37.8 Å². The van der Waals surface area contributed by atoms with Crippen molar-refractivity contribution < 1.29 is 28.3 Å². The lowest BCUT2D eigenvalue weighted by molar-refractivity contribution is -0.146. The van der Waals surface area contributed by atoms with Gasteiger partial charge in [-0.2, -0.15) is 0 Å². The molecule has 2 rings (SSSR count). The Labute approximate surface area is 192 Å². The van der Waals surface area contributed by atoms with Gasteiger partial charge in [0, 0.05) is 10.5 Å². The second kappa shape index (κ2) is 11.4. The van der Waals surface area contributed by atoms with Crippen LogP contribution in [0.1, 0.15) is 31.1 Å². The van der Waals surface area contributed by atoms with Crippen LogP contribution in [-0.2, 0) is 23.2 Å². The fraction of sp³-hybridized carbons (Fsp3) is 0.227. The van der Waals surface area contributed by atoms with Gasteiger partial charge in [0.25, 0.3) is 0 Å². The van der Waals surface area contributed by atoms with Gasteiger partial charge in [-0.1, -0.05) is 71.4 Å². The van der Waals surface area contributed by atoms with E-state index in [9.17, 15) is 19.3 Å². The van der Waals surface area contributed by atoms with E-state index in [4.69, 9.17) is 26.2 Å². The van der Waals surface area contributed by atoms with Crippen LogP contribution in [0.4, 0.5) is 5.69 Å². The first-order valence-electron chi connectivity index (χ1n) is 9.85. The van der Waals surface area contributed by atoms with Gasteiger partial charge in [0.1, 0.15) is 0 Å². The van der Waals surface area contributed by atoms with Crippen LogP contribution in [0.25, 0.3) is 6.08 Å². The zero-order chi connectivity index (χ0) is 24.6. The smallest absolute Gasteiger partial charge is 0.479 e. The molecule has 2 aromatic rings. The van der Waals surface area contributed by atoms with Crippen LogP contribution >= 0.6 is 8.25 Å². The summed E-state index contributed by atoms with van der Waals surface area (Å²) in [4.78, 5) is 28.4. The van der Waals surface area contributed by atoms with Gasteiger partial charge in [-0.15, -0.1) is 0 Å². The summed E-state index contributed by atoms with van der Waals surface area (Å²) < 4.78 is 23.0. The second-order valence-corrected chi connectivity index (χ2v) is 8.17. The number of benzene rings is 2. The average molecular weight is 473 g/mol. The quantitative estimate of drug-likeness (QED) is 0.125. The molecular weight excluding hydrogens is 447 g/mol. The van der Waals surface area contributed by atoms with Gasteiger partial charge in [-0.05, 0) is 29.3 Å². The summed E-state index contributed by atoms with van der Waals surface area (Å²) in [6, 6.07) is 14.8. The van der Waals surface area contributed by atoms with Gasteiger partial charge in [-0.25, -0.2) is 9.79 Å². The molecule has 0 heterocycles. The third-order valence-corrected chi connectivity index (χ3v) is 5.38. The van der Waals surface area contributed by atoms with E-state index in [1.807, 2.05) is 6.07 Å². The lowest BCUT2D eigenvalue weighted by Gasteiger charge is -2.24. The molecule has 0 bridgehead atoms. The highest BCUT2D eigenvalue weighted by Gasteiger charge is 2.48. The molecule has 0 radical (unpaired) electrons. The molecule has 0 spiro atoms. The molecule has 174 valence electrons. The number of carboxylic acid groups (broad SMARTS) is 1. The number of nitrogens with two attached hydrogens (primary N) is 3. The summed E-state index contributed by atoms with van der Waals surface area (Å²) in [5.41, 5.74) is 15.9. The fourth-order valence-electron chi connectivity index (χ4n) is 2.69. The molecule has 0 aliphatic heterocycles. The van der Waals surface area contributed by atoms with Gasteiger partial charge in [0.05, 0.1) is 5.69 Å². The van der Waals surface area contributed by atoms with Crippen molar-refractivity contribution in [1.29, 1.82) is 0 Å². The molecule has 0 aromatic heterocycles. The van der Waals surface area contributed by atoms with Crippen LogP contribution < -0.4 is 17.2 Å². The summed E-state index contributed by atoms with van der Waals surface area (Å²) >= 11 is 0. The van der Waals surface area contributed by atoms with Gasteiger partial charge in [0.2, 0.25) is 17.6 Å². The van der Waals surface area contributed by atoms with Gasteiger partial charge >= 0.3 is 14.2 Å². The van der Waals surface area contributed by atoms with E-state index in [-0.39, 0.29) is 17.2 Å². The van der Waals surface area contributed by atoms with Crippen LogP contribution in [0.2, 0.25) is 0 Å². The van der Waals surface area contributed by atoms with E-state index in [2.05, 4.69) is 4.99 Å². The lowest BCUT2D eigenvalue weighted by Crippen LogP contribution is -2.52. The van der Waals surface area contributed by atoms with Gasteiger partial charge < -0.3 is 16.6 Å². The molecule has 0 aliphatic rings. The largest absolute Gasteiger partial charge is 0.701 e. The third-order valence-electron chi connectivity index (χ3n) is 4.54. The number of aliphatic carboxylic acids is 1. The Morgan fingerprint density at radius 1 is 1.12 bits per heavy atom. The van der Waals surface area contributed by atoms with E-state index in [1.165, 1.54) is 24.3 Å². The van der Waals surface area contributed by atoms with Crippen LogP contribution in [0.5, 0.6) is 0 Å². The standard InChI is InChI=1S/C22H25N4O6P/c1-14(2)22(25,18(27)12-11-15-7-4-3-5-8-15)32-33(30)31-19(20(28)29)16-9-6-10-17(13-16)26-21(23)24/h3-14,19H,25H2,1-2H3,(H4-,23,24,26,28,29)/p+1. The molecule has 3 atom stereocenters. The first-order chi connectivity index (χ1) is 15.5. The highest BCUT2D eigenvalue weighted by Crippen LogP contribution is 2.39. The van der Waals surface area contributed by atoms with Crippen LogP contribution in [0.3, 0.4) is 0 Å². The van der Waals surface area contributed by atoms with Crippen molar-refractivity contribution in [3.63, 3.8) is 0 Å². The Kier molecular flexibility index (Phi) is 8.95. The summed E-state index contributed by atoms with van der Waals surface area (Å²) in [5.74, 6) is -2.93. The Morgan fingerprint density at radius 2 is 1.79 bits per heavy atom. The number of carbonyl (C=O) groups excluding carboxylic acids is 1. The van der Waals surface area contributed by atoms with Crippen molar-refractivity contribution in [2.24, 2.45) is 28.1 Å². The SMILES string of the molecule is CC(C)C(N)(O[P+](=O)OC(C(=O)O)c1cccc(N=C(N)N)c1)C(=O)C=Cc1ccccc1. The van der Waals surface area contributed by atoms with Crippen molar-refractivity contribution in [3.8, 4) is 0 Å². The summed E-state index contributed by atoms with van der Waals surface area (Å²) in [6.45, 7) is 3.20. The molecule has 10 nitrogen and oxygen atoms in total. The number of carboxylic acids is 1. The Balaban J connectivity index is 2.21. The van der Waals surface area contributed by atoms with Crippen LogP contribution in [0.15, 0.2) is 65.7 Å². The van der Waals surface area contributed by atoms with Crippen molar-refractivity contribution in [3.05, 3.63) is 71.8 Å². The number of ketones is 1. The molecule has 33 heavy (non-hydrogen) atoms. The van der Waals surface area contributed by atoms with E-state index in [0.29, 0.717) is 0 Å². The molecule has 11 heteroatoms. The van der Waals surface area contributed by atoms with Crippen molar-refractivity contribution in [2.75, 3.05) is 0 Å². The first-order valence-corrected chi connectivity index (χ1v) is 10.9. The summed E-state index contributed by atoms with van der Waals surface area (Å²) in [6.07, 6.45) is 1.07. The van der Waals surface area contributed by atoms with Crippen molar-refractivity contribution >= 4 is 37.7 Å². The molecule has 0 aliphatic carbocycles. The first kappa shape index (κ1) is 25.8. The Hall–Kier alpha value is -3.43. The van der Waals surface area contributed by atoms with Gasteiger partial charge in [0.15, 0.2) is 5.96 Å². The summed E-state index contributed by atoms with van der Waals surface area (Å²) in [7, 11) is -3.12. The molecule has 0 amide bonds. The van der Waals surface area contributed by atoms with Gasteiger partial charge in [-0.3, -0.25) is 10.5 Å². The van der Waals surface area contributed by atoms with E-state index >= 15 is 0 Å². The highest BCUT2D eigenvalue weighted by molar-refractivity contribution is 7.33. The second-order valence-electron chi connectivity index (χ2n) is 7.33. The maximum atomic E-state index is 12.8. The minimum absolute atomic E-state index is 0.111. The molecule has 7 N–H and O–H groups in total. The number of carbonyl (C=O) groups is 2. The number of rotatable bonds is 11. The topological polar surface area (TPSA) is 180 Å².